The maximum Gasteiger partial charge on any atom is 0.251 e. The molecule has 3 N–H and O–H groups in total. The van der Waals surface area contributed by atoms with Crippen molar-refractivity contribution in [3.8, 4) is 0 Å². The van der Waals surface area contributed by atoms with Crippen molar-refractivity contribution in [2.45, 2.75) is 19.8 Å². The summed E-state index contributed by atoms with van der Waals surface area (Å²) in [5, 5.41) is 14.2. The van der Waals surface area contributed by atoms with Crippen LogP contribution in [0.15, 0.2) is 30.3 Å². The molecule has 0 spiro atoms. The van der Waals surface area contributed by atoms with Crippen LogP contribution >= 0.6 is 0 Å². The highest BCUT2D eigenvalue weighted by Gasteiger charge is 2.10. The molecular weight excluding hydrogens is 256 g/mol. The molecule has 20 heavy (non-hydrogen) atoms. The average molecular weight is 278 g/mol. The summed E-state index contributed by atoms with van der Waals surface area (Å²) in [5.74, 6) is -0.206. The minimum absolute atomic E-state index is 0.0384. The van der Waals surface area contributed by atoms with Crippen molar-refractivity contribution in [2.24, 2.45) is 5.92 Å². The van der Waals surface area contributed by atoms with Gasteiger partial charge < -0.3 is 15.7 Å². The van der Waals surface area contributed by atoms with E-state index in [4.69, 9.17) is 5.11 Å². The van der Waals surface area contributed by atoms with Crippen LogP contribution in [0.3, 0.4) is 0 Å². The third-order valence-corrected chi connectivity index (χ3v) is 3.15. The van der Waals surface area contributed by atoms with E-state index in [2.05, 4.69) is 10.6 Å². The summed E-state index contributed by atoms with van der Waals surface area (Å²) in [6.07, 6.45) is 1.57. The molecule has 1 aromatic rings. The van der Waals surface area contributed by atoms with Crippen LogP contribution < -0.4 is 10.6 Å². The first-order valence-electron chi connectivity index (χ1n) is 6.88. The number of carbonyl (C=O) groups is 2. The van der Waals surface area contributed by atoms with Crippen LogP contribution in [-0.2, 0) is 4.79 Å². The zero-order valence-electron chi connectivity index (χ0n) is 11.8. The maximum atomic E-state index is 11.7. The van der Waals surface area contributed by atoms with Gasteiger partial charge in [0.05, 0.1) is 6.54 Å². The quantitative estimate of drug-likeness (QED) is 0.662. The lowest BCUT2D eigenvalue weighted by Gasteiger charge is -2.14. The third kappa shape index (κ3) is 5.84. The van der Waals surface area contributed by atoms with Crippen molar-refractivity contribution in [3.63, 3.8) is 0 Å². The van der Waals surface area contributed by atoms with Gasteiger partial charge in [-0.2, -0.15) is 0 Å². The lowest BCUT2D eigenvalue weighted by Crippen LogP contribution is -2.39. The normalized spacial score (nSPS) is 11.7. The third-order valence-electron chi connectivity index (χ3n) is 3.15. The zero-order valence-corrected chi connectivity index (χ0v) is 11.8. The van der Waals surface area contributed by atoms with Crippen molar-refractivity contribution in [1.82, 2.24) is 10.6 Å². The van der Waals surface area contributed by atoms with Crippen LogP contribution in [0.5, 0.6) is 0 Å². The molecule has 0 saturated heterocycles. The molecule has 2 amide bonds. The van der Waals surface area contributed by atoms with Gasteiger partial charge in [-0.1, -0.05) is 31.5 Å². The number of carbonyl (C=O) groups excluding carboxylic acids is 2. The molecule has 0 heterocycles. The van der Waals surface area contributed by atoms with E-state index in [-0.39, 0.29) is 30.9 Å². The molecule has 1 atom stereocenters. The molecule has 0 saturated carbocycles. The smallest absolute Gasteiger partial charge is 0.251 e. The number of rotatable bonds is 8. The summed E-state index contributed by atoms with van der Waals surface area (Å²) in [6.45, 7) is 2.63. The molecule has 0 aromatic heterocycles. The van der Waals surface area contributed by atoms with Crippen LogP contribution in [-0.4, -0.2) is 36.6 Å². The Balaban J connectivity index is 2.28. The Kier molecular flexibility index (Phi) is 7.35. The lowest BCUT2D eigenvalue weighted by molar-refractivity contribution is -0.120. The summed E-state index contributed by atoms with van der Waals surface area (Å²) in [7, 11) is 0. The zero-order chi connectivity index (χ0) is 14.8. The topological polar surface area (TPSA) is 78.4 Å². The fraction of sp³-hybridized carbons (Fsp3) is 0.467. The first-order chi connectivity index (χ1) is 9.67. The summed E-state index contributed by atoms with van der Waals surface area (Å²) in [5.41, 5.74) is 0.534. The van der Waals surface area contributed by atoms with Crippen molar-refractivity contribution < 1.29 is 14.7 Å². The van der Waals surface area contributed by atoms with E-state index in [0.29, 0.717) is 18.5 Å². The molecule has 0 aliphatic heterocycles. The summed E-state index contributed by atoms with van der Waals surface area (Å²) in [6, 6.07) is 8.77. The minimum atomic E-state index is -0.261. The molecule has 5 nitrogen and oxygen atoms in total. The van der Waals surface area contributed by atoms with Crippen LogP contribution in [0.25, 0.3) is 0 Å². The van der Waals surface area contributed by atoms with Gasteiger partial charge in [-0.3, -0.25) is 9.59 Å². The molecule has 0 fully saturated rings. The van der Waals surface area contributed by atoms with E-state index in [9.17, 15) is 9.59 Å². The Morgan fingerprint density at radius 3 is 2.50 bits per heavy atom. The van der Waals surface area contributed by atoms with E-state index >= 15 is 0 Å². The number of amides is 2. The monoisotopic (exact) mass is 278 g/mol. The van der Waals surface area contributed by atoms with E-state index in [1.807, 2.05) is 13.0 Å². The second-order valence-corrected chi connectivity index (χ2v) is 4.64. The number of aliphatic hydroxyl groups is 1. The average Bonchev–Trinajstić information content (AvgIpc) is 2.49. The second-order valence-electron chi connectivity index (χ2n) is 4.64. The number of hydrogen-bond acceptors (Lipinski definition) is 3. The fourth-order valence-corrected chi connectivity index (χ4v) is 1.81. The van der Waals surface area contributed by atoms with Gasteiger partial charge in [0.2, 0.25) is 5.91 Å². The lowest BCUT2D eigenvalue weighted by atomic mass is 10.0. The molecule has 1 rings (SSSR count). The highest BCUT2D eigenvalue weighted by atomic mass is 16.3. The van der Waals surface area contributed by atoms with Crippen molar-refractivity contribution in [3.05, 3.63) is 35.9 Å². The van der Waals surface area contributed by atoms with Gasteiger partial charge in [0.1, 0.15) is 0 Å². The van der Waals surface area contributed by atoms with Gasteiger partial charge >= 0.3 is 0 Å². The molecule has 0 bridgehead atoms. The van der Waals surface area contributed by atoms with Crippen molar-refractivity contribution in [1.29, 1.82) is 0 Å². The Labute approximate surface area is 119 Å². The van der Waals surface area contributed by atoms with Gasteiger partial charge in [-0.25, -0.2) is 0 Å². The Morgan fingerprint density at radius 1 is 1.20 bits per heavy atom. The van der Waals surface area contributed by atoms with Crippen molar-refractivity contribution in [2.75, 3.05) is 19.7 Å². The Bertz CT molecular complexity index is 420. The molecule has 0 radical (unpaired) electrons. The molecule has 0 aliphatic rings. The predicted molar refractivity (Wildman–Crippen MR) is 77.3 cm³/mol. The standard InChI is InChI=1S/C15H22N2O3/c1-2-12(8-9-18)10-16-14(19)11-17-15(20)13-6-4-3-5-7-13/h3-7,12,18H,2,8-11H2,1H3,(H,16,19)(H,17,20). The number of nitrogens with one attached hydrogen (secondary N) is 2. The Hall–Kier alpha value is -1.88. The molecule has 110 valence electrons. The van der Waals surface area contributed by atoms with Crippen molar-refractivity contribution >= 4 is 11.8 Å². The van der Waals surface area contributed by atoms with E-state index in [0.717, 1.165) is 6.42 Å². The first-order valence-corrected chi connectivity index (χ1v) is 6.88. The van der Waals surface area contributed by atoms with Crippen LogP contribution in [0, 0.1) is 5.92 Å². The fourth-order valence-electron chi connectivity index (χ4n) is 1.81. The Morgan fingerprint density at radius 2 is 1.90 bits per heavy atom. The largest absolute Gasteiger partial charge is 0.396 e. The minimum Gasteiger partial charge on any atom is -0.396 e. The summed E-state index contributed by atoms with van der Waals surface area (Å²) < 4.78 is 0. The molecule has 1 unspecified atom stereocenters. The first kappa shape index (κ1) is 16.2. The van der Waals surface area contributed by atoms with Crippen LogP contribution in [0.2, 0.25) is 0 Å². The number of hydrogen-bond donors (Lipinski definition) is 3. The van der Waals surface area contributed by atoms with E-state index in [1.165, 1.54) is 0 Å². The number of benzene rings is 1. The molecular formula is C15H22N2O3. The highest BCUT2D eigenvalue weighted by molar-refractivity contribution is 5.96. The van der Waals surface area contributed by atoms with Crippen LogP contribution in [0.4, 0.5) is 0 Å². The van der Waals surface area contributed by atoms with E-state index in [1.54, 1.807) is 24.3 Å². The summed E-state index contributed by atoms with van der Waals surface area (Å²) in [4.78, 5) is 23.3. The maximum absolute atomic E-state index is 11.7. The van der Waals surface area contributed by atoms with Crippen LogP contribution in [0.1, 0.15) is 30.1 Å². The molecule has 1 aromatic carbocycles. The SMILES string of the molecule is CCC(CCO)CNC(=O)CNC(=O)c1ccccc1. The highest BCUT2D eigenvalue weighted by Crippen LogP contribution is 2.05. The van der Waals surface area contributed by atoms with Gasteiger partial charge in [0, 0.05) is 18.7 Å². The summed E-state index contributed by atoms with van der Waals surface area (Å²) >= 11 is 0. The second kappa shape index (κ2) is 9.09. The predicted octanol–water partition coefficient (Wildman–Crippen LogP) is 0.941. The van der Waals surface area contributed by atoms with Gasteiger partial charge in [-0.15, -0.1) is 0 Å². The van der Waals surface area contributed by atoms with Gasteiger partial charge in [-0.05, 0) is 24.5 Å². The molecule has 5 heteroatoms. The van der Waals surface area contributed by atoms with Gasteiger partial charge in [0.15, 0.2) is 0 Å². The molecule has 0 aliphatic carbocycles. The van der Waals surface area contributed by atoms with E-state index < -0.39 is 0 Å². The van der Waals surface area contributed by atoms with Gasteiger partial charge in [0.25, 0.3) is 5.91 Å². The number of aliphatic hydroxyl groups excluding tert-OH is 1.